The van der Waals surface area contributed by atoms with Crippen LogP contribution in [0.5, 0.6) is 0 Å². The third-order valence-corrected chi connectivity index (χ3v) is 2.26. The zero-order chi connectivity index (χ0) is 14.3. The zero-order valence-electron chi connectivity index (χ0n) is 12.1. The molecule has 0 bridgehead atoms. The lowest BCUT2D eigenvalue weighted by Gasteiger charge is -2.05. The summed E-state index contributed by atoms with van der Waals surface area (Å²) >= 11 is 0. The Morgan fingerprint density at radius 2 is 1.68 bits per heavy atom. The number of carbonyl (C=O) groups is 1. The molecule has 0 unspecified atom stereocenters. The van der Waals surface area contributed by atoms with Crippen molar-refractivity contribution < 1.29 is 14.3 Å². The number of benzene rings is 1. The normalized spacial score (nSPS) is 9.42. The molecule has 0 atom stereocenters. The van der Waals surface area contributed by atoms with Gasteiger partial charge in [-0.1, -0.05) is 44.2 Å². The van der Waals surface area contributed by atoms with Crippen molar-refractivity contribution in [2.45, 2.75) is 20.3 Å². The first-order valence-electron chi connectivity index (χ1n) is 6.73. The number of amides is 1. The Morgan fingerprint density at radius 3 is 2.32 bits per heavy atom. The average Bonchev–Trinajstić information content (AvgIpc) is 2.49. The van der Waals surface area contributed by atoms with Gasteiger partial charge in [0, 0.05) is 7.05 Å². The topological polar surface area (TPSA) is 47.6 Å². The molecule has 1 aromatic carbocycles. The molecule has 0 aromatic heterocycles. The summed E-state index contributed by atoms with van der Waals surface area (Å²) in [6.45, 7) is 5.73. The van der Waals surface area contributed by atoms with Gasteiger partial charge in [-0.25, -0.2) is 0 Å². The van der Waals surface area contributed by atoms with Crippen molar-refractivity contribution in [3.63, 3.8) is 0 Å². The Balaban J connectivity index is 0.00000154. The molecule has 108 valence electrons. The van der Waals surface area contributed by atoms with Crippen molar-refractivity contribution in [1.82, 2.24) is 5.32 Å². The van der Waals surface area contributed by atoms with Gasteiger partial charge >= 0.3 is 0 Å². The standard InChI is InChI=1S/C13H19NO3.C2H6/c1-14-13(15)11-17-10-9-16-8-7-12-5-3-2-4-6-12;1-2/h2-6H,7-11H2,1H3,(H,14,15);1-2H3. The summed E-state index contributed by atoms with van der Waals surface area (Å²) in [6, 6.07) is 10.2. The first kappa shape index (κ1) is 17.6. The summed E-state index contributed by atoms with van der Waals surface area (Å²) in [5, 5.41) is 2.48. The number of hydrogen-bond acceptors (Lipinski definition) is 3. The van der Waals surface area contributed by atoms with E-state index in [0.717, 1.165) is 6.42 Å². The minimum Gasteiger partial charge on any atom is -0.379 e. The van der Waals surface area contributed by atoms with Crippen molar-refractivity contribution >= 4 is 5.91 Å². The summed E-state index contributed by atoms with van der Waals surface area (Å²) in [4.78, 5) is 10.8. The van der Waals surface area contributed by atoms with Crippen molar-refractivity contribution in [2.24, 2.45) is 0 Å². The third kappa shape index (κ3) is 10.2. The number of hydrogen-bond donors (Lipinski definition) is 1. The second-order valence-corrected chi connectivity index (χ2v) is 3.57. The van der Waals surface area contributed by atoms with E-state index in [1.54, 1.807) is 7.05 Å². The van der Waals surface area contributed by atoms with Crippen LogP contribution in [0.15, 0.2) is 30.3 Å². The van der Waals surface area contributed by atoms with Crippen molar-refractivity contribution in [1.29, 1.82) is 0 Å². The van der Waals surface area contributed by atoms with Gasteiger partial charge in [-0.05, 0) is 12.0 Å². The van der Waals surface area contributed by atoms with Crippen LogP contribution in [-0.2, 0) is 20.7 Å². The first-order chi connectivity index (χ1) is 9.33. The Labute approximate surface area is 116 Å². The van der Waals surface area contributed by atoms with E-state index in [9.17, 15) is 4.79 Å². The van der Waals surface area contributed by atoms with E-state index in [4.69, 9.17) is 9.47 Å². The molecular weight excluding hydrogens is 242 g/mol. The maximum absolute atomic E-state index is 10.8. The van der Waals surface area contributed by atoms with Crippen LogP contribution in [-0.4, -0.2) is 39.4 Å². The summed E-state index contributed by atoms with van der Waals surface area (Å²) in [6.07, 6.45) is 0.899. The molecule has 0 fully saturated rings. The van der Waals surface area contributed by atoms with Gasteiger partial charge < -0.3 is 14.8 Å². The first-order valence-corrected chi connectivity index (χ1v) is 6.73. The molecule has 0 radical (unpaired) electrons. The fourth-order valence-corrected chi connectivity index (χ4v) is 1.29. The number of likely N-dealkylation sites (N-methyl/N-ethyl adjacent to an activating group) is 1. The van der Waals surface area contributed by atoms with Crippen LogP contribution in [0.3, 0.4) is 0 Å². The van der Waals surface area contributed by atoms with Crippen LogP contribution >= 0.6 is 0 Å². The Morgan fingerprint density at radius 1 is 1.05 bits per heavy atom. The summed E-state index contributed by atoms with van der Waals surface area (Å²) in [7, 11) is 1.59. The summed E-state index contributed by atoms with van der Waals surface area (Å²) in [5.74, 6) is -0.116. The predicted molar refractivity (Wildman–Crippen MR) is 77.2 cm³/mol. The van der Waals surface area contributed by atoms with E-state index in [-0.39, 0.29) is 12.5 Å². The maximum Gasteiger partial charge on any atom is 0.245 e. The monoisotopic (exact) mass is 267 g/mol. The molecule has 0 aliphatic carbocycles. The molecule has 4 heteroatoms. The van der Waals surface area contributed by atoms with E-state index in [0.29, 0.717) is 19.8 Å². The van der Waals surface area contributed by atoms with Gasteiger partial charge in [-0.2, -0.15) is 0 Å². The maximum atomic E-state index is 10.8. The highest BCUT2D eigenvalue weighted by atomic mass is 16.5. The fourth-order valence-electron chi connectivity index (χ4n) is 1.29. The second kappa shape index (κ2) is 13.1. The molecular formula is C15H25NO3. The van der Waals surface area contributed by atoms with E-state index in [1.165, 1.54) is 5.56 Å². The minimum atomic E-state index is -0.116. The fraction of sp³-hybridized carbons (Fsp3) is 0.533. The van der Waals surface area contributed by atoms with Crippen LogP contribution in [0, 0.1) is 0 Å². The quantitative estimate of drug-likeness (QED) is 0.733. The number of rotatable bonds is 8. The van der Waals surface area contributed by atoms with Crippen LogP contribution in [0.1, 0.15) is 19.4 Å². The Hall–Kier alpha value is -1.39. The highest BCUT2D eigenvalue weighted by molar-refractivity contribution is 5.76. The van der Waals surface area contributed by atoms with Gasteiger partial charge in [-0.3, -0.25) is 4.79 Å². The lowest BCUT2D eigenvalue weighted by molar-refractivity contribution is -0.125. The number of carbonyl (C=O) groups excluding carboxylic acids is 1. The lowest BCUT2D eigenvalue weighted by atomic mass is 10.2. The van der Waals surface area contributed by atoms with Crippen molar-refractivity contribution in [2.75, 3.05) is 33.5 Å². The minimum absolute atomic E-state index is 0.0958. The smallest absolute Gasteiger partial charge is 0.245 e. The molecule has 4 nitrogen and oxygen atoms in total. The number of ether oxygens (including phenoxy) is 2. The van der Waals surface area contributed by atoms with E-state index in [2.05, 4.69) is 17.4 Å². The zero-order valence-corrected chi connectivity index (χ0v) is 12.1. The molecule has 1 amide bonds. The van der Waals surface area contributed by atoms with Crippen LogP contribution in [0.2, 0.25) is 0 Å². The van der Waals surface area contributed by atoms with Crippen LogP contribution < -0.4 is 5.32 Å². The van der Waals surface area contributed by atoms with E-state index in [1.807, 2.05) is 32.0 Å². The third-order valence-electron chi connectivity index (χ3n) is 2.26. The predicted octanol–water partition coefficient (Wildman–Crippen LogP) is 2.03. The molecule has 0 saturated carbocycles. The molecule has 0 spiro atoms. The van der Waals surface area contributed by atoms with E-state index >= 15 is 0 Å². The molecule has 0 aliphatic rings. The molecule has 0 aliphatic heterocycles. The van der Waals surface area contributed by atoms with Gasteiger partial charge in [0.2, 0.25) is 5.91 Å². The van der Waals surface area contributed by atoms with Crippen molar-refractivity contribution in [3.8, 4) is 0 Å². The second-order valence-electron chi connectivity index (χ2n) is 3.57. The number of nitrogens with one attached hydrogen (secondary N) is 1. The molecule has 0 heterocycles. The lowest BCUT2D eigenvalue weighted by Crippen LogP contribution is -2.24. The van der Waals surface area contributed by atoms with Crippen LogP contribution in [0.25, 0.3) is 0 Å². The Kier molecular flexibility index (Phi) is 12.1. The SMILES string of the molecule is CC.CNC(=O)COCCOCCc1ccccc1. The highest BCUT2D eigenvalue weighted by Gasteiger charge is 1.97. The van der Waals surface area contributed by atoms with Gasteiger partial charge in [0.05, 0.1) is 19.8 Å². The molecule has 1 aromatic rings. The molecule has 1 N–H and O–H groups in total. The van der Waals surface area contributed by atoms with Crippen LogP contribution in [0.4, 0.5) is 0 Å². The van der Waals surface area contributed by atoms with Gasteiger partial charge in [-0.15, -0.1) is 0 Å². The molecule has 19 heavy (non-hydrogen) atoms. The summed E-state index contributed by atoms with van der Waals surface area (Å²) < 4.78 is 10.5. The van der Waals surface area contributed by atoms with E-state index < -0.39 is 0 Å². The van der Waals surface area contributed by atoms with Gasteiger partial charge in [0.15, 0.2) is 0 Å². The van der Waals surface area contributed by atoms with Crippen molar-refractivity contribution in [3.05, 3.63) is 35.9 Å². The highest BCUT2D eigenvalue weighted by Crippen LogP contribution is 1.99. The molecule has 0 saturated heterocycles. The largest absolute Gasteiger partial charge is 0.379 e. The molecule has 1 rings (SSSR count). The Bertz CT molecular complexity index is 314. The summed E-state index contributed by atoms with van der Waals surface area (Å²) in [5.41, 5.74) is 1.26. The van der Waals surface area contributed by atoms with Gasteiger partial charge in [0.1, 0.15) is 6.61 Å². The average molecular weight is 267 g/mol. The van der Waals surface area contributed by atoms with Gasteiger partial charge in [0.25, 0.3) is 0 Å².